The molecular weight excluding hydrogens is 210 g/mol. The van der Waals surface area contributed by atoms with Crippen LogP contribution >= 0.6 is 11.6 Å². The van der Waals surface area contributed by atoms with E-state index in [0.29, 0.717) is 12.5 Å². The van der Waals surface area contributed by atoms with Gasteiger partial charge in [0.1, 0.15) is 0 Å². The molecule has 1 aliphatic rings. The maximum Gasteiger partial charge on any atom is 0.0460 e. The van der Waals surface area contributed by atoms with Crippen molar-refractivity contribution in [3.8, 4) is 0 Å². The Morgan fingerprint density at radius 1 is 1.33 bits per heavy atom. The van der Waals surface area contributed by atoms with Gasteiger partial charge in [-0.25, -0.2) is 0 Å². The number of benzene rings is 1. The van der Waals surface area contributed by atoms with Crippen LogP contribution in [-0.4, -0.2) is 24.8 Å². The fraction of sp³-hybridized carbons (Fsp3) is 0.500. The molecule has 0 bridgehead atoms. The fourth-order valence-electron chi connectivity index (χ4n) is 2.05. The highest BCUT2D eigenvalue weighted by atomic mass is 35.5. The second kappa shape index (κ2) is 4.86. The Kier molecular flexibility index (Phi) is 3.49. The zero-order chi connectivity index (χ0) is 10.7. The van der Waals surface area contributed by atoms with Gasteiger partial charge in [-0.15, -0.1) is 0 Å². The third-order valence-electron chi connectivity index (χ3n) is 3.05. The number of halogens is 1. The second-order valence-corrected chi connectivity index (χ2v) is 4.53. The number of piperidine rings is 1. The van der Waals surface area contributed by atoms with Gasteiger partial charge in [0.15, 0.2) is 0 Å². The van der Waals surface area contributed by atoms with E-state index in [9.17, 15) is 0 Å². The molecule has 1 fully saturated rings. The molecule has 2 rings (SSSR count). The summed E-state index contributed by atoms with van der Waals surface area (Å²) < 4.78 is 0. The molecule has 15 heavy (non-hydrogen) atoms. The van der Waals surface area contributed by atoms with E-state index in [2.05, 4.69) is 11.0 Å². The maximum absolute atomic E-state index is 9.05. The summed E-state index contributed by atoms with van der Waals surface area (Å²) in [6.07, 6.45) is 2.14. The van der Waals surface area contributed by atoms with Crippen molar-refractivity contribution in [2.75, 3.05) is 24.6 Å². The minimum Gasteiger partial charge on any atom is -0.396 e. The molecule has 0 spiro atoms. The Balaban J connectivity index is 2.01. The first-order chi connectivity index (χ1) is 7.29. The Morgan fingerprint density at radius 3 is 2.67 bits per heavy atom. The number of hydrogen-bond acceptors (Lipinski definition) is 2. The summed E-state index contributed by atoms with van der Waals surface area (Å²) in [5.74, 6) is 0.487. The topological polar surface area (TPSA) is 23.5 Å². The van der Waals surface area contributed by atoms with Crippen LogP contribution in [0.1, 0.15) is 12.8 Å². The maximum atomic E-state index is 9.05. The molecule has 3 heteroatoms. The molecular formula is C12H16ClNO. The molecule has 1 aliphatic heterocycles. The standard InChI is InChI=1S/C12H16ClNO/c13-11-2-1-3-12(8-11)14-6-4-10(9-15)5-7-14/h1-3,8,10,15H,4-7,9H2. The van der Waals surface area contributed by atoms with Crippen LogP contribution < -0.4 is 4.90 Å². The molecule has 82 valence electrons. The van der Waals surface area contributed by atoms with E-state index in [-0.39, 0.29) is 0 Å². The van der Waals surface area contributed by atoms with Gasteiger partial charge >= 0.3 is 0 Å². The first-order valence-corrected chi connectivity index (χ1v) is 5.79. The summed E-state index contributed by atoms with van der Waals surface area (Å²) >= 11 is 5.95. The van der Waals surface area contributed by atoms with Gasteiger partial charge in [-0.05, 0) is 37.0 Å². The third-order valence-corrected chi connectivity index (χ3v) is 3.28. The third kappa shape index (κ3) is 2.64. The lowest BCUT2D eigenvalue weighted by Crippen LogP contribution is -2.34. The normalized spacial score (nSPS) is 18.1. The SMILES string of the molecule is OCC1CCN(c2cccc(Cl)c2)CC1. The monoisotopic (exact) mass is 225 g/mol. The van der Waals surface area contributed by atoms with Crippen LogP contribution in [0.5, 0.6) is 0 Å². The predicted octanol–water partition coefficient (Wildman–Crippen LogP) is 2.55. The van der Waals surface area contributed by atoms with Gasteiger partial charge in [0.25, 0.3) is 0 Å². The van der Waals surface area contributed by atoms with Gasteiger partial charge in [-0.1, -0.05) is 17.7 Å². The van der Waals surface area contributed by atoms with Crippen LogP contribution in [0, 0.1) is 5.92 Å². The van der Waals surface area contributed by atoms with Crippen LogP contribution in [0.15, 0.2) is 24.3 Å². The predicted molar refractivity (Wildman–Crippen MR) is 63.5 cm³/mol. The minimum absolute atomic E-state index is 0.323. The van der Waals surface area contributed by atoms with Gasteiger partial charge in [-0.2, -0.15) is 0 Å². The van der Waals surface area contributed by atoms with Crippen LogP contribution in [0.2, 0.25) is 5.02 Å². The van der Waals surface area contributed by atoms with Gasteiger partial charge in [0.2, 0.25) is 0 Å². The van der Waals surface area contributed by atoms with Crippen LogP contribution in [0.25, 0.3) is 0 Å². The van der Waals surface area contributed by atoms with E-state index in [1.807, 2.05) is 18.2 Å². The molecule has 1 N–H and O–H groups in total. The Bertz CT molecular complexity index is 321. The molecule has 0 unspecified atom stereocenters. The first-order valence-electron chi connectivity index (χ1n) is 5.41. The molecule has 0 saturated carbocycles. The molecule has 1 heterocycles. The first kappa shape index (κ1) is 10.8. The van der Waals surface area contributed by atoms with E-state index in [1.165, 1.54) is 5.69 Å². The number of nitrogens with zero attached hydrogens (tertiary/aromatic N) is 1. The highest BCUT2D eigenvalue weighted by molar-refractivity contribution is 6.30. The van der Waals surface area contributed by atoms with Crippen LogP contribution in [0.4, 0.5) is 5.69 Å². The molecule has 0 atom stereocenters. The molecule has 0 radical (unpaired) electrons. The summed E-state index contributed by atoms with van der Waals surface area (Å²) in [5, 5.41) is 9.84. The number of aliphatic hydroxyl groups is 1. The Labute approximate surface area is 95.5 Å². The number of aliphatic hydroxyl groups excluding tert-OH is 1. The van der Waals surface area contributed by atoms with Gasteiger partial charge in [0.05, 0.1) is 0 Å². The summed E-state index contributed by atoms with van der Waals surface area (Å²) in [7, 11) is 0. The fourth-order valence-corrected chi connectivity index (χ4v) is 2.23. The molecule has 1 aromatic rings. The van der Waals surface area contributed by atoms with Crippen molar-refractivity contribution in [2.45, 2.75) is 12.8 Å². The molecule has 0 aromatic heterocycles. The summed E-state index contributed by atoms with van der Waals surface area (Å²) in [6, 6.07) is 7.97. The van der Waals surface area contributed by atoms with E-state index in [4.69, 9.17) is 16.7 Å². The quantitative estimate of drug-likeness (QED) is 0.836. The largest absolute Gasteiger partial charge is 0.396 e. The average molecular weight is 226 g/mol. The highest BCUT2D eigenvalue weighted by Gasteiger charge is 2.18. The van der Waals surface area contributed by atoms with Crippen LogP contribution in [-0.2, 0) is 0 Å². The lowest BCUT2D eigenvalue weighted by atomic mass is 9.97. The average Bonchev–Trinajstić information content (AvgIpc) is 2.29. The molecule has 1 aromatic carbocycles. The zero-order valence-corrected chi connectivity index (χ0v) is 9.45. The van der Waals surface area contributed by atoms with Crippen molar-refractivity contribution < 1.29 is 5.11 Å². The zero-order valence-electron chi connectivity index (χ0n) is 8.69. The van der Waals surface area contributed by atoms with Crippen molar-refractivity contribution in [2.24, 2.45) is 5.92 Å². The number of rotatable bonds is 2. The second-order valence-electron chi connectivity index (χ2n) is 4.09. The summed E-state index contributed by atoms with van der Waals surface area (Å²) in [5.41, 5.74) is 1.19. The van der Waals surface area contributed by atoms with Crippen molar-refractivity contribution in [3.63, 3.8) is 0 Å². The summed E-state index contributed by atoms with van der Waals surface area (Å²) in [6.45, 7) is 2.36. The van der Waals surface area contributed by atoms with Crippen molar-refractivity contribution in [1.29, 1.82) is 0 Å². The van der Waals surface area contributed by atoms with E-state index in [1.54, 1.807) is 0 Å². The minimum atomic E-state index is 0.323. The molecule has 0 aliphatic carbocycles. The summed E-state index contributed by atoms with van der Waals surface area (Å²) in [4.78, 5) is 2.33. The molecule has 2 nitrogen and oxygen atoms in total. The van der Waals surface area contributed by atoms with Crippen molar-refractivity contribution in [3.05, 3.63) is 29.3 Å². The number of anilines is 1. The van der Waals surface area contributed by atoms with E-state index >= 15 is 0 Å². The Hall–Kier alpha value is -0.730. The van der Waals surface area contributed by atoms with Gasteiger partial charge < -0.3 is 10.0 Å². The van der Waals surface area contributed by atoms with Crippen molar-refractivity contribution >= 4 is 17.3 Å². The Morgan fingerprint density at radius 2 is 2.07 bits per heavy atom. The molecule has 0 amide bonds. The van der Waals surface area contributed by atoms with Crippen molar-refractivity contribution in [1.82, 2.24) is 0 Å². The van der Waals surface area contributed by atoms with Gasteiger partial charge in [-0.3, -0.25) is 0 Å². The lowest BCUT2D eigenvalue weighted by Gasteiger charge is -2.32. The van der Waals surface area contributed by atoms with Gasteiger partial charge in [0, 0.05) is 30.4 Å². The van der Waals surface area contributed by atoms with Crippen LogP contribution in [0.3, 0.4) is 0 Å². The smallest absolute Gasteiger partial charge is 0.0460 e. The molecule has 1 saturated heterocycles. The lowest BCUT2D eigenvalue weighted by molar-refractivity contribution is 0.203. The van der Waals surface area contributed by atoms with E-state index < -0.39 is 0 Å². The highest BCUT2D eigenvalue weighted by Crippen LogP contribution is 2.24. The number of hydrogen-bond donors (Lipinski definition) is 1. The van der Waals surface area contributed by atoms with E-state index in [0.717, 1.165) is 31.0 Å².